The second-order valence-electron chi connectivity index (χ2n) is 5.01. The van der Waals surface area contributed by atoms with Gasteiger partial charge in [-0.3, -0.25) is 0 Å². The largest absolute Gasteiger partial charge is 0.417 e. The molecule has 6 heteroatoms. The number of aromatic nitrogens is 1. The van der Waals surface area contributed by atoms with Crippen LogP contribution in [0.3, 0.4) is 0 Å². The zero-order chi connectivity index (χ0) is 15.0. The van der Waals surface area contributed by atoms with E-state index in [9.17, 15) is 13.2 Å². The number of anilines is 3. The van der Waals surface area contributed by atoms with Gasteiger partial charge in [-0.2, -0.15) is 13.2 Å². The summed E-state index contributed by atoms with van der Waals surface area (Å²) in [7, 11) is 0. The summed E-state index contributed by atoms with van der Waals surface area (Å²) in [6.45, 7) is 0.629. The number of nitrogens with two attached hydrogens (primary N) is 1. The summed E-state index contributed by atoms with van der Waals surface area (Å²) in [5, 5.41) is 0. The minimum atomic E-state index is -4.43. The maximum absolute atomic E-state index is 12.9. The molecule has 1 aromatic heterocycles. The second kappa shape index (κ2) is 4.95. The first-order valence-electron chi connectivity index (χ1n) is 6.65. The van der Waals surface area contributed by atoms with Gasteiger partial charge in [0.1, 0.15) is 5.82 Å². The third-order valence-corrected chi connectivity index (χ3v) is 3.63. The molecule has 21 heavy (non-hydrogen) atoms. The minimum Gasteiger partial charge on any atom is -0.382 e. The Bertz CT molecular complexity index is 667. The third-order valence-electron chi connectivity index (χ3n) is 3.63. The number of alkyl halides is 3. The van der Waals surface area contributed by atoms with E-state index in [-0.39, 0.29) is 5.82 Å². The summed E-state index contributed by atoms with van der Waals surface area (Å²) in [5.74, 6) is 0.111. The van der Waals surface area contributed by atoms with Crippen LogP contribution in [0.25, 0.3) is 0 Å². The fourth-order valence-electron chi connectivity index (χ4n) is 2.62. The first-order valence-corrected chi connectivity index (χ1v) is 6.65. The predicted molar refractivity (Wildman–Crippen MR) is 75.4 cm³/mol. The van der Waals surface area contributed by atoms with E-state index < -0.39 is 11.7 Å². The van der Waals surface area contributed by atoms with Gasteiger partial charge in [0.05, 0.1) is 11.3 Å². The molecule has 0 atom stereocenters. The summed E-state index contributed by atoms with van der Waals surface area (Å²) < 4.78 is 38.6. The molecule has 1 aromatic carbocycles. The Labute approximate surface area is 120 Å². The Balaban J connectivity index is 2.09. The van der Waals surface area contributed by atoms with Crippen molar-refractivity contribution in [1.29, 1.82) is 0 Å². The van der Waals surface area contributed by atoms with E-state index in [1.54, 1.807) is 0 Å². The van der Waals surface area contributed by atoms with Gasteiger partial charge in [0.15, 0.2) is 0 Å². The van der Waals surface area contributed by atoms with Gasteiger partial charge in [0.2, 0.25) is 0 Å². The van der Waals surface area contributed by atoms with Gasteiger partial charge in [0.25, 0.3) is 0 Å². The molecule has 0 bridgehead atoms. The maximum Gasteiger partial charge on any atom is 0.417 e. The van der Waals surface area contributed by atoms with Crippen LogP contribution < -0.4 is 10.6 Å². The Morgan fingerprint density at radius 2 is 1.90 bits per heavy atom. The Morgan fingerprint density at radius 3 is 2.67 bits per heavy atom. The van der Waals surface area contributed by atoms with Crippen molar-refractivity contribution in [1.82, 2.24) is 4.98 Å². The number of nitrogen functional groups attached to an aromatic ring is 1. The van der Waals surface area contributed by atoms with Gasteiger partial charge in [-0.1, -0.05) is 18.2 Å². The molecular formula is C15H14F3N3. The molecule has 3 nitrogen and oxygen atoms in total. The number of nitrogens with zero attached hydrogens (tertiary/aromatic N) is 2. The van der Waals surface area contributed by atoms with Crippen LogP contribution in [0.15, 0.2) is 36.5 Å². The standard InChI is InChI=1S/C15H14F3N3/c16-15(17,18)11-8-13(14(19)20-9-11)21-7-3-5-10-4-1-2-6-12(10)21/h1-2,4,6,8-9H,3,5,7H2,(H2,19,20). The van der Waals surface area contributed by atoms with Gasteiger partial charge in [-0.25, -0.2) is 4.98 Å². The van der Waals surface area contributed by atoms with Gasteiger partial charge in [-0.15, -0.1) is 0 Å². The van der Waals surface area contributed by atoms with Crippen LogP contribution in [0.4, 0.5) is 30.4 Å². The van der Waals surface area contributed by atoms with Gasteiger partial charge < -0.3 is 10.6 Å². The molecule has 3 rings (SSSR count). The molecule has 0 saturated carbocycles. The lowest BCUT2D eigenvalue weighted by atomic mass is 10.0. The van der Waals surface area contributed by atoms with Crippen LogP contribution in [0, 0.1) is 0 Å². The van der Waals surface area contributed by atoms with Crippen molar-refractivity contribution in [2.24, 2.45) is 0 Å². The Hall–Kier alpha value is -2.24. The van der Waals surface area contributed by atoms with Crippen molar-refractivity contribution in [3.8, 4) is 0 Å². The summed E-state index contributed by atoms with van der Waals surface area (Å²) >= 11 is 0. The zero-order valence-corrected chi connectivity index (χ0v) is 11.2. The molecule has 2 N–H and O–H groups in total. The van der Waals surface area contributed by atoms with E-state index in [1.165, 1.54) is 0 Å². The lowest BCUT2D eigenvalue weighted by molar-refractivity contribution is -0.137. The molecule has 0 amide bonds. The smallest absolute Gasteiger partial charge is 0.382 e. The fourth-order valence-corrected chi connectivity index (χ4v) is 2.62. The molecule has 110 valence electrons. The highest BCUT2D eigenvalue weighted by molar-refractivity contribution is 5.75. The highest BCUT2D eigenvalue weighted by Crippen LogP contribution is 2.38. The summed E-state index contributed by atoms with van der Waals surface area (Å²) in [5.41, 5.74) is 7.35. The highest BCUT2D eigenvalue weighted by Gasteiger charge is 2.32. The lowest BCUT2D eigenvalue weighted by Crippen LogP contribution is -2.26. The number of fused-ring (bicyclic) bond motifs is 1. The number of benzene rings is 1. The molecule has 0 saturated heterocycles. The second-order valence-corrected chi connectivity index (χ2v) is 5.01. The SMILES string of the molecule is Nc1ncc(C(F)(F)F)cc1N1CCCc2ccccc21. The number of rotatable bonds is 1. The fraction of sp³-hybridized carbons (Fsp3) is 0.267. The maximum atomic E-state index is 12.9. The lowest BCUT2D eigenvalue weighted by Gasteiger charge is -2.32. The van der Waals surface area contributed by atoms with Crippen molar-refractivity contribution < 1.29 is 13.2 Å². The van der Waals surface area contributed by atoms with Crippen molar-refractivity contribution >= 4 is 17.2 Å². The van der Waals surface area contributed by atoms with E-state index in [0.717, 1.165) is 36.4 Å². The molecule has 0 unspecified atom stereocenters. The van der Waals surface area contributed by atoms with E-state index in [4.69, 9.17) is 5.73 Å². The predicted octanol–water partition coefficient (Wildman–Crippen LogP) is 3.77. The summed E-state index contributed by atoms with van der Waals surface area (Å²) in [6, 6.07) is 8.75. The molecule has 0 fully saturated rings. The molecule has 2 heterocycles. The van der Waals surface area contributed by atoms with E-state index in [1.807, 2.05) is 29.2 Å². The number of halogens is 3. The number of para-hydroxylation sites is 1. The molecule has 0 aliphatic carbocycles. The molecule has 0 spiro atoms. The highest BCUT2D eigenvalue weighted by atomic mass is 19.4. The van der Waals surface area contributed by atoms with Crippen LogP contribution in [0.1, 0.15) is 17.5 Å². The minimum absolute atomic E-state index is 0.111. The van der Waals surface area contributed by atoms with Crippen molar-refractivity contribution in [3.63, 3.8) is 0 Å². The first kappa shape index (κ1) is 13.7. The first-order chi connectivity index (χ1) is 9.97. The number of pyridine rings is 1. The number of hydrogen-bond acceptors (Lipinski definition) is 3. The normalized spacial score (nSPS) is 14.9. The Morgan fingerprint density at radius 1 is 1.14 bits per heavy atom. The summed E-state index contributed by atoms with van der Waals surface area (Å²) in [4.78, 5) is 5.53. The van der Waals surface area contributed by atoms with E-state index in [2.05, 4.69) is 4.98 Å². The molecule has 2 aromatic rings. The summed E-state index contributed by atoms with van der Waals surface area (Å²) in [6.07, 6.45) is -1.87. The Kier molecular flexibility index (Phi) is 3.23. The topological polar surface area (TPSA) is 42.1 Å². The van der Waals surface area contributed by atoms with Crippen LogP contribution in [-0.2, 0) is 12.6 Å². The monoisotopic (exact) mass is 293 g/mol. The molecule has 1 aliphatic rings. The van der Waals surface area contributed by atoms with Gasteiger partial charge >= 0.3 is 6.18 Å². The zero-order valence-electron chi connectivity index (χ0n) is 11.2. The van der Waals surface area contributed by atoms with Crippen LogP contribution in [0.2, 0.25) is 0 Å². The molecule has 1 aliphatic heterocycles. The average Bonchev–Trinajstić information content (AvgIpc) is 2.46. The van der Waals surface area contributed by atoms with Crippen molar-refractivity contribution in [3.05, 3.63) is 47.7 Å². The average molecular weight is 293 g/mol. The van der Waals surface area contributed by atoms with Crippen molar-refractivity contribution in [2.75, 3.05) is 17.2 Å². The molecule has 0 radical (unpaired) electrons. The quantitative estimate of drug-likeness (QED) is 0.870. The number of hydrogen-bond donors (Lipinski definition) is 1. The molecular weight excluding hydrogens is 279 g/mol. The van der Waals surface area contributed by atoms with Crippen LogP contribution in [0.5, 0.6) is 0 Å². The number of aryl methyl sites for hydroxylation is 1. The van der Waals surface area contributed by atoms with Gasteiger partial charge in [0, 0.05) is 18.4 Å². The van der Waals surface area contributed by atoms with E-state index in [0.29, 0.717) is 12.2 Å². The van der Waals surface area contributed by atoms with E-state index >= 15 is 0 Å². The van der Waals surface area contributed by atoms with Crippen LogP contribution in [-0.4, -0.2) is 11.5 Å². The van der Waals surface area contributed by atoms with Crippen molar-refractivity contribution in [2.45, 2.75) is 19.0 Å². The van der Waals surface area contributed by atoms with Crippen LogP contribution >= 0.6 is 0 Å². The third kappa shape index (κ3) is 2.53. The van der Waals surface area contributed by atoms with Gasteiger partial charge in [-0.05, 0) is 30.5 Å².